The molecule has 2 N–H and O–H groups in total. The van der Waals surface area contributed by atoms with Gasteiger partial charge in [-0.25, -0.2) is 0 Å². The van der Waals surface area contributed by atoms with Crippen LogP contribution in [0.15, 0.2) is 48.5 Å². The molecule has 0 aliphatic carbocycles. The van der Waals surface area contributed by atoms with Crippen molar-refractivity contribution in [1.82, 2.24) is 5.32 Å². The zero-order chi connectivity index (χ0) is 18.6. The molecule has 1 unspecified atom stereocenters. The van der Waals surface area contributed by atoms with Crippen molar-refractivity contribution in [2.45, 2.75) is 12.3 Å². The molecule has 1 atom stereocenters. The monoisotopic (exact) mass is 352 g/mol. The molecule has 0 fully saturated rings. The van der Waals surface area contributed by atoms with Gasteiger partial charge in [0.05, 0.1) is 11.7 Å². The summed E-state index contributed by atoms with van der Waals surface area (Å²) in [4.78, 5) is 13.9. The van der Waals surface area contributed by atoms with Crippen molar-refractivity contribution in [2.24, 2.45) is 0 Å². The van der Waals surface area contributed by atoms with Gasteiger partial charge < -0.3 is 15.3 Å². The first kappa shape index (κ1) is 18.8. The highest BCUT2D eigenvalue weighted by atomic mass is 19.4. The molecular formula is C18H19F3N2O2. The molecular weight excluding hydrogens is 333 g/mol. The van der Waals surface area contributed by atoms with E-state index >= 15 is 0 Å². The summed E-state index contributed by atoms with van der Waals surface area (Å²) in [6, 6.07) is 11.1. The van der Waals surface area contributed by atoms with Crippen molar-refractivity contribution in [1.29, 1.82) is 0 Å². The molecule has 2 rings (SSSR count). The summed E-state index contributed by atoms with van der Waals surface area (Å²) in [5.41, 5.74) is 0.899. The highest BCUT2D eigenvalue weighted by molar-refractivity contribution is 5.94. The lowest BCUT2D eigenvalue weighted by Crippen LogP contribution is -2.28. The van der Waals surface area contributed by atoms with Gasteiger partial charge in [0, 0.05) is 31.9 Å². The molecule has 0 saturated carbocycles. The quantitative estimate of drug-likeness (QED) is 0.869. The summed E-state index contributed by atoms with van der Waals surface area (Å²) in [6.45, 7) is -0.0405. The summed E-state index contributed by atoms with van der Waals surface area (Å²) in [7, 11) is 3.80. The third kappa shape index (κ3) is 4.96. The third-order valence-corrected chi connectivity index (χ3v) is 3.72. The average Bonchev–Trinajstić information content (AvgIpc) is 2.58. The Balaban J connectivity index is 1.94. The van der Waals surface area contributed by atoms with Gasteiger partial charge in [0.15, 0.2) is 0 Å². The summed E-state index contributed by atoms with van der Waals surface area (Å²) in [6.07, 6.45) is -5.35. The first-order valence-electron chi connectivity index (χ1n) is 7.59. The SMILES string of the molecule is CN(C)c1ccc(C(O)CNC(=O)c2ccc(C(F)(F)F)cc2)cc1. The van der Waals surface area contributed by atoms with Crippen molar-refractivity contribution >= 4 is 11.6 Å². The van der Waals surface area contributed by atoms with Crippen molar-refractivity contribution in [3.05, 3.63) is 65.2 Å². The second kappa shape index (κ2) is 7.57. The van der Waals surface area contributed by atoms with Gasteiger partial charge in [-0.2, -0.15) is 13.2 Å². The third-order valence-electron chi connectivity index (χ3n) is 3.72. The Morgan fingerprint density at radius 3 is 2.12 bits per heavy atom. The van der Waals surface area contributed by atoms with E-state index in [1.54, 1.807) is 12.1 Å². The molecule has 134 valence electrons. The van der Waals surface area contributed by atoms with Crippen LogP contribution < -0.4 is 10.2 Å². The van der Waals surface area contributed by atoms with E-state index in [1.165, 1.54) is 0 Å². The fourth-order valence-corrected chi connectivity index (χ4v) is 2.21. The number of hydrogen-bond acceptors (Lipinski definition) is 3. The van der Waals surface area contributed by atoms with Gasteiger partial charge in [-0.05, 0) is 42.0 Å². The molecule has 0 aliphatic heterocycles. The maximum atomic E-state index is 12.5. The van der Waals surface area contributed by atoms with Crippen LogP contribution in [0.5, 0.6) is 0 Å². The Morgan fingerprint density at radius 2 is 1.64 bits per heavy atom. The van der Waals surface area contributed by atoms with E-state index in [1.807, 2.05) is 31.1 Å². The van der Waals surface area contributed by atoms with Crippen LogP contribution in [0, 0.1) is 0 Å². The number of benzene rings is 2. The average molecular weight is 352 g/mol. The van der Waals surface area contributed by atoms with Crippen LogP contribution in [0.4, 0.5) is 18.9 Å². The Bertz CT molecular complexity index is 711. The van der Waals surface area contributed by atoms with Gasteiger partial charge in [-0.15, -0.1) is 0 Å². The van der Waals surface area contributed by atoms with Crippen LogP contribution in [0.25, 0.3) is 0 Å². The highest BCUT2D eigenvalue weighted by Crippen LogP contribution is 2.29. The lowest BCUT2D eigenvalue weighted by atomic mass is 10.1. The number of carbonyl (C=O) groups is 1. The number of amides is 1. The number of hydrogen-bond donors (Lipinski definition) is 2. The van der Waals surface area contributed by atoms with E-state index in [2.05, 4.69) is 5.32 Å². The lowest BCUT2D eigenvalue weighted by Gasteiger charge is -2.16. The standard InChI is InChI=1S/C18H19F3N2O2/c1-23(2)15-9-5-12(6-10-15)16(24)11-22-17(25)13-3-7-14(8-4-13)18(19,20)21/h3-10,16,24H,11H2,1-2H3,(H,22,25). The van der Waals surface area contributed by atoms with Crippen molar-refractivity contribution in [2.75, 3.05) is 25.5 Å². The number of rotatable bonds is 5. The van der Waals surface area contributed by atoms with Crippen LogP contribution in [0.1, 0.15) is 27.6 Å². The molecule has 0 heterocycles. The lowest BCUT2D eigenvalue weighted by molar-refractivity contribution is -0.137. The van der Waals surface area contributed by atoms with Crippen LogP contribution in [-0.4, -0.2) is 31.7 Å². The van der Waals surface area contributed by atoms with E-state index in [0.29, 0.717) is 5.56 Å². The van der Waals surface area contributed by atoms with E-state index < -0.39 is 23.8 Å². The minimum absolute atomic E-state index is 0.0405. The molecule has 2 aromatic carbocycles. The summed E-state index contributed by atoms with van der Waals surface area (Å²) < 4.78 is 37.5. The number of halogens is 3. The fraction of sp³-hybridized carbons (Fsp3) is 0.278. The molecule has 0 saturated heterocycles. The zero-order valence-electron chi connectivity index (χ0n) is 13.8. The Hall–Kier alpha value is -2.54. The predicted molar refractivity (Wildman–Crippen MR) is 89.5 cm³/mol. The molecule has 0 aromatic heterocycles. The summed E-state index contributed by atoms with van der Waals surface area (Å²) in [5, 5.41) is 12.6. The van der Waals surface area contributed by atoms with E-state index in [0.717, 1.165) is 30.0 Å². The van der Waals surface area contributed by atoms with Gasteiger partial charge in [-0.3, -0.25) is 4.79 Å². The molecule has 0 bridgehead atoms. The second-order valence-corrected chi connectivity index (χ2v) is 5.79. The minimum atomic E-state index is -4.44. The van der Waals surface area contributed by atoms with E-state index in [-0.39, 0.29) is 12.1 Å². The minimum Gasteiger partial charge on any atom is -0.387 e. The van der Waals surface area contributed by atoms with Gasteiger partial charge in [0.25, 0.3) is 5.91 Å². The molecule has 7 heteroatoms. The Kier molecular flexibility index (Phi) is 5.69. The van der Waals surface area contributed by atoms with Crippen molar-refractivity contribution in [3.8, 4) is 0 Å². The normalized spacial score (nSPS) is 12.6. The topological polar surface area (TPSA) is 52.6 Å². The largest absolute Gasteiger partial charge is 0.416 e. The number of anilines is 1. The molecule has 2 aromatic rings. The molecule has 0 spiro atoms. The van der Waals surface area contributed by atoms with Crippen molar-refractivity contribution < 1.29 is 23.1 Å². The maximum absolute atomic E-state index is 12.5. The van der Waals surface area contributed by atoms with Crippen molar-refractivity contribution in [3.63, 3.8) is 0 Å². The Morgan fingerprint density at radius 1 is 1.08 bits per heavy atom. The number of aliphatic hydroxyl groups excluding tert-OH is 1. The number of alkyl halides is 3. The van der Waals surface area contributed by atoms with Gasteiger partial charge in [0.2, 0.25) is 0 Å². The maximum Gasteiger partial charge on any atom is 0.416 e. The summed E-state index contributed by atoms with van der Waals surface area (Å²) in [5.74, 6) is -0.544. The van der Waals surface area contributed by atoms with Gasteiger partial charge in [0.1, 0.15) is 0 Å². The fourth-order valence-electron chi connectivity index (χ4n) is 2.21. The predicted octanol–water partition coefficient (Wildman–Crippen LogP) is 3.23. The Labute approximate surface area is 143 Å². The molecule has 0 radical (unpaired) electrons. The van der Waals surface area contributed by atoms with E-state index in [4.69, 9.17) is 0 Å². The van der Waals surface area contributed by atoms with Gasteiger partial charge >= 0.3 is 6.18 Å². The van der Waals surface area contributed by atoms with Crippen LogP contribution in [0.2, 0.25) is 0 Å². The molecule has 0 aliphatic rings. The van der Waals surface area contributed by atoms with Crippen LogP contribution >= 0.6 is 0 Å². The van der Waals surface area contributed by atoms with Crippen LogP contribution in [-0.2, 0) is 6.18 Å². The summed E-state index contributed by atoms with van der Waals surface area (Å²) >= 11 is 0. The number of aliphatic hydroxyl groups is 1. The smallest absolute Gasteiger partial charge is 0.387 e. The second-order valence-electron chi connectivity index (χ2n) is 5.79. The molecule has 1 amide bonds. The number of carbonyl (C=O) groups excluding carboxylic acids is 1. The number of nitrogens with zero attached hydrogens (tertiary/aromatic N) is 1. The number of nitrogens with one attached hydrogen (secondary N) is 1. The van der Waals surface area contributed by atoms with E-state index in [9.17, 15) is 23.1 Å². The first-order chi connectivity index (χ1) is 11.7. The highest BCUT2D eigenvalue weighted by Gasteiger charge is 2.30. The molecule has 4 nitrogen and oxygen atoms in total. The van der Waals surface area contributed by atoms with Crippen LogP contribution in [0.3, 0.4) is 0 Å². The molecule has 25 heavy (non-hydrogen) atoms. The van der Waals surface area contributed by atoms with Gasteiger partial charge in [-0.1, -0.05) is 12.1 Å². The zero-order valence-corrected chi connectivity index (χ0v) is 13.8. The first-order valence-corrected chi connectivity index (χ1v) is 7.59.